The van der Waals surface area contributed by atoms with Crippen LogP contribution in [-0.4, -0.2) is 65.3 Å². The number of H-pyrrole nitrogens is 1. The van der Waals surface area contributed by atoms with E-state index in [2.05, 4.69) is 33.9 Å². The minimum absolute atomic E-state index is 0.237. The van der Waals surface area contributed by atoms with Gasteiger partial charge in [0.15, 0.2) is 5.82 Å². The predicted octanol–water partition coefficient (Wildman–Crippen LogP) is 2.93. The quantitative estimate of drug-likeness (QED) is 0.764. The fourth-order valence-corrected chi connectivity index (χ4v) is 3.72. The van der Waals surface area contributed by atoms with E-state index in [4.69, 9.17) is 9.47 Å². The molecule has 1 aliphatic heterocycles. The number of rotatable bonds is 7. The van der Waals surface area contributed by atoms with Gasteiger partial charge in [0.05, 0.1) is 19.8 Å². The highest BCUT2D eigenvalue weighted by molar-refractivity contribution is 7.99. The second-order valence-electron chi connectivity index (χ2n) is 6.65. The molecule has 0 bridgehead atoms. The van der Waals surface area contributed by atoms with Crippen LogP contribution in [0.5, 0.6) is 5.75 Å². The van der Waals surface area contributed by atoms with E-state index in [1.54, 1.807) is 18.9 Å². The van der Waals surface area contributed by atoms with E-state index in [9.17, 15) is 0 Å². The molecule has 1 atom stereocenters. The molecule has 2 heterocycles. The number of morpholine rings is 1. The number of aromatic nitrogens is 3. The van der Waals surface area contributed by atoms with Crippen molar-refractivity contribution in [3.63, 3.8) is 0 Å². The Labute approximate surface area is 153 Å². The van der Waals surface area contributed by atoms with E-state index >= 15 is 0 Å². The molecule has 2 aromatic rings. The lowest BCUT2D eigenvalue weighted by Crippen LogP contribution is -2.44. The largest absolute Gasteiger partial charge is 0.497 e. The van der Waals surface area contributed by atoms with Gasteiger partial charge in [0.1, 0.15) is 5.75 Å². The summed E-state index contributed by atoms with van der Waals surface area (Å²) < 4.78 is 11.1. The fraction of sp³-hybridized carbons (Fsp3) is 0.556. The Morgan fingerprint density at radius 2 is 2.16 bits per heavy atom. The zero-order chi connectivity index (χ0) is 17.6. The van der Waals surface area contributed by atoms with Crippen LogP contribution in [0.2, 0.25) is 0 Å². The number of hydrogen-bond donors (Lipinski definition) is 1. The molecular weight excluding hydrogens is 336 g/mol. The van der Waals surface area contributed by atoms with E-state index in [0.29, 0.717) is 5.92 Å². The van der Waals surface area contributed by atoms with E-state index in [1.165, 1.54) is 0 Å². The normalized spacial score (nSPS) is 18.6. The number of nitrogens with zero attached hydrogens (tertiary/aromatic N) is 3. The minimum atomic E-state index is 0.237. The number of nitrogens with one attached hydrogen (secondary N) is 1. The van der Waals surface area contributed by atoms with Gasteiger partial charge >= 0.3 is 0 Å². The Morgan fingerprint density at radius 1 is 1.36 bits per heavy atom. The van der Waals surface area contributed by atoms with Crippen molar-refractivity contribution in [2.75, 3.05) is 39.1 Å². The summed E-state index contributed by atoms with van der Waals surface area (Å²) in [5.41, 5.74) is 0.997. The average Bonchev–Trinajstić information content (AvgIpc) is 3.09. The maximum Gasteiger partial charge on any atom is 0.208 e. The summed E-state index contributed by atoms with van der Waals surface area (Å²) in [4.78, 5) is 7.06. The third-order valence-corrected chi connectivity index (χ3v) is 5.05. The monoisotopic (exact) mass is 362 g/mol. The van der Waals surface area contributed by atoms with Gasteiger partial charge in [-0.1, -0.05) is 25.6 Å². The van der Waals surface area contributed by atoms with Gasteiger partial charge in [0.2, 0.25) is 5.16 Å². The van der Waals surface area contributed by atoms with E-state index in [-0.39, 0.29) is 6.10 Å². The number of aromatic amines is 1. The molecule has 0 saturated carbocycles. The zero-order valence-corrected chi connectivity index (χ0v) is 15.9. The van der Waals surface area contributed by atoms with Crippen molar-refractivity contribution in [2.45, 2.75) is 25.1 Å². The molecule has 1 fully saturated rings. The van der Waals surface area contributed by atoms with Crippen LogP contribution in [-0.2, 0) is 4.74 Å². The van der Waals surface area contributed by atoms with Gasteiger partial charge in [-0.05, 0) is 30.2 Å². The average molecular weight is 362 g/mol. The van der Waals surface area contributed by atoms with Gasteiger partial charge in [-0.25, -0.2) is 4.98 Å². The van der Waals surface area contributed by atoms with Crippen molar-refractivity contribution < 1.29 is 9.47 Å². The van der Waals surface area contributed by atoms with Crippen molar-refractivity contribution >= 4 is 11.8 Å². The van der Waals surface area contributed by atoms with Crippen molar-refractivity contribution in [1.82, 2.24) is 20.1 Å². The van der Waals surface area contributed by atoms with Crippen molar-refractivity contribution in [1.29, 1.82) is 0 Å². The van der Waals surface area contributed by atoms with Crippen LogP contribution in [0.25, 0.3) is 11.4 Å². The Bertz CT molecular complexity index is 659. The molecule has 6 nitrogen and oxygen atoms in total. The molecule has 0 amide bonds. The standard InChI is InChI=1S/C18H26N4O2S/c1-13(2)10-22-8-9-24-16(11-22)12-25-18-19-17(20-21-18)14-4-6-15(23-3)7-5-14/h4-7,13,16H,8-12H2,1-3H3,(H,19,20,21)/t16-/m0/s1. The molecule has 25 heavy (non-hydrogen) atoms. The highest BCUT2D eigenvalue weighted by Gasteiger charge is 2.21. The topological polar surface area (TPSA) is 63.3 Å². The first kappa shape index (κ1) is 18.2. The molecule has 136 valence electrons. The molecule has 1 saturated heterocycles. The summed E-state index contributed by atoms with van der Waals surface area (Å²) >= 11 is 1.64. The van der Waals surface area contributed by atoms with Gasteiger partial charge in [0, 0.05) is 31.0 Å². The second-order valence-corrected chi connectivity index (χ2v) is 7.64. The van der Waals surface area contributed by atoms with Crippen LogP contribution >= 0.6 is 11.8 Å². The molecule has 0 aliphatic carbocycles. The molecule has 0 unspecified atom stereocenters. The third-order valence-electron chi connectivity index (χ3n) is 4.07. The number of benzene rings is 1. The van der Waals surface area contributed by atoms with Crippen LogP contribution in [0.3, 0.4) is 0 Å². The first-order chi connectivity index (χ1) is 12.1. The van der Waals surface area contributed by atoms with Crippen LogP contribution in [0, 0.1) is 5.92 Å². The predicted molar refractivity (Wildman–Crippen MR) is 100 cm³/mol. The number of thioether (sulfide) groups is 1. The summed E-state index contributed by atoms with van der Waals surface area (Å²) in [6, 6.07) is 7.79. The lowest BCUT2D eigenvalue weighted by Gasteiger charge is -2.33. The number of ether oxygens (including phenoxy) is 2. The lowest BCUT2D eigenvalue weighted by molar-refractivity contribution is -0.0191. The molecule has 7 heteroatoms. The van der Waals surface area contributed by atoms with Crippen LogP contribution in [0.4, 0.5) is 0 Å². The molecule has 3 rings (SSSR count). The van der Waals surface area contributed by atoms with Crippen molar-refractivity contribution in [3.8, 4) is 17.1 Å². The summed E-state index contributed by atoms with van der Waals surface area (Å²) in [5.74, 6) is 3.16. The van der Waals surface area contributed by atoms with Crippen LogP contribution < -0.4 is 4.74 Å². The lowest BCUT2D eigenvalue weighted by atomic mass is 10.2. The van der Waals surface area contributed by atoms with Gasteiger partial charge in [-0.3, -0.25) is 10.00 Å². The molecule has 1 aromatic carbocycles. The maximum absolute atomic E-state index is 5.89. The summed E-state index contributed by atoms with van der Waals surface area (Å²) in [7, 11) is 1.66. The molecule has 1 aliphatic rings. The van der Waals surface area contributed by atoms with Gasteiger partial charge < -0.3 is 9.47 Å². The SMILES string of the molecule is COc1ccc(-c2nc(SC[C@@H]3CN(CC(C)C)CCO3)n[nH]2)cc1. The first-order valence-corrected chi connectivity index (χ1v) is 9.66. The summed E-state index contributed by atoms with van der Waals surface area (Å²) in [6.07, 6.45) is 0.237. The molecule has 1 aromatic heterocycles. The third kappa shape index (κ3) is 5.20. The number of hydrogen-bond acceptors (Lipinski definition) is 6. The van der Waals surface area contributed by atoms with Crippen LogP contribution in [0.1, 0.15) is 13.8 Å². The molecule has 1 N–H and O–H groups in total. The highest BCUT2D eigenvalue weighted by Crippen LogP contribution is 2.23. The summed E-state index contributed by atoms with van der Waals surface area (Å²) in [6.45, 7) is 8.47. The Hall–Kier alpha value is -1.57. The number of methoxy groups -OCH3 is 1. The molecular formula is C18H26N4O2S. The molecule has 0 radical (unpaired) electrons. The maximum atomic E-state index is 5.89. The van der Waals surface area contributed by atoms with Crippen LogP contribution in [0.15, 0.2) is 29.4 Å². The Balaban J connectivity index is 1.53. The second kappa shape index (κ2) is 8.69. The van der Waals surface area contributed by atoms with E-state index in [1.807, 2.05) is 24.3 Å². The Morgan fingerprint density at radius 3 is 2.88 bits per heavy atom. The molecule has 0 spiro atoms. The van der Waals surface area contributed by atoms with Crippen molar-refractivity contribution in [3.05, 3.63) is 24.3 Å². The van der Waals surface area contributed by atoms with Gasteiger partial charge in [-0.15, -0.1) is 5.10 Å². The smallest absolute Gasteiger partial charge is 0.208 e. The van der Waals surface area contributed by atoms with Crippen molar-refractivity contribution in [2.24, 2.45) is 5.92 Å². The summed E-state index contributed by atoms with van der Waals surface area (Å²) in [5, 5.41) is 8.08. The van der Waals surface area contributed by atoms with Gasteiger partial charge in [-0.2, -0.15) is 0 Å². The van der Waals surface area contributed by atoms with Gasteiger partial charge in [0.25, 0.3) is 0 Å². The van der Waals surface area contributed by atoms with E-state index in [0.717, 1.165) is 54.3 Å². The first-order valence-electron chi connectivity index (χ1n) is 8.67. The highest BCUT2D eigenvalue weighted by atomic mass is 32.2. The van der Waals surface area contributed by atoms with E-state index < -0.39 is 0 Å². The Kier molecular flexibility index (Phi) is 6.34. The zero-order valence-electron chi connectivity index (χ0n) is 15.1. The fourth-order valence-electron chi connectivity index (χ4n) is 2.92. The minimum Gasteiger partial charge on any atom is -0.497 e.